The van der Waals surface area contributed by atoms with Crippen molar-refractivity contribution in [1.29, 1.82) is 0 Å². The molecule has 0 spiro atoms. The normalized spacial score (nSPS) is 14.7. The molecule has 0 aliphatic carbocycles. The SMILES string of the molecule is CNC(=O)COC(=O)NCCC1CCN(Cc2ccc(-c3ccc(F)cc3)cc2F)CC1. The van der Waals surface area contributed by atoms with Crippen LogP contribution in [0, 0.1) is 17.6 Å². The summed E-state index contributed by atoms with van der Waals surface area (Å²) >= 11 is 0. The highest BCUT2D eigenvalue weighted by molar-refractivity contribution is 5.79. The zero-order valence-corrected chi connectivity index (χ0v) is 18.2. The number of likely N-dealkylation sites (tertiary alicyclic amines) is 1. The van der Waals surface area contributed by atoms with Crippen LogP contribution in [0.25, 0.3) is 11.1 Å². The lowest BCUT2D eigenvalue weighted by atomic mass is 9.93. The number of piperidine rings is 1. The molecule has 0 unspecified atom stereocenters. The van der Waals surface area contributed by atoms with Gasteiger partial charge in [-0.1, -0.05) is 24.3 Å². The molecular weight excluding hydrogens is 416 g/mol. The smallest absolute Gasteiger partial charge is 0.407 e. The second-order valence-corrected chi connectivity index (χ2v) is 8.00. The highest BCUT2D eigenvalue weighted by Crippen LogP contribution is 2.25. The van der Waals surface area contributed by atoms with Gasteiger partial charge in [-0.05, 0) is 67.6 Å². The Morgan fingerprint density at radius 2 is 1.75 bits per heavy atom. The van der Waals surface area contributed by atoms with Crippen LogP contribution in [-0.4, -0.2) is 50.2 Å². The standard InChI is InChI=1S/C24H29F2N3O3/c1-27-23(30)16-32-24(31)28-11-8-17-9-12-29(13-10-17)15-20-3-2-19(14-22(20)26)18-4-6-21(25)7-5-18/h2-7,14,17H,8-13,15-16H2,1H3,(H,27,30)(H,28,31). The molecule has 2 aromatic rings. The molecule has 0 atom stereocenters. The monoisotopic (exact) mass is 445 g/mol. The van der Waals surface area contributed by atoms with E-state index in [1.807, 2.05) is 6.07 Å². The Hall–Kier alpha value is -3.00. The number of hydrogen-bond acceptors (Lipinski definition) is 4. The van der Waals surface area contributed by atoms with Crippen molar-refractivity contribution in [3.8, 4) is 11.1 Å². The number of nitrogens with one attached hydrogen (secondary N) is 2. The second kappa shape index (κ2) is 11.6. The van der Waals surface area contributed by atoms with Crippen LogP contribution in [-0.2, 0) is 16.1 Å². The van der Waals surface area contributed by atoms with E-state index in [-0.39, 0.29) is 24.1 Å². The third kappa shape index (κ3) is 7.02. The van der Waals surface area contributed by atoms with Crippen LogP contribution >= 0.6 is 0 Å². The fourth-order valence-corrected chi connectivity index (χ4v) is 3.80. The van der Waals surface area contributed by atoms with Gasteiger partial charge in [-0.3, -0.25) is 9.69 Å². The summed E-state index contributed by atoms with van der Waals surface area (Å²) in [6.45, 7) is 2.49. The Balaban J connectivity index is 1.40. The molecule has 1 saturated heterocycles. The van der Waals surface area contributed by atoms with Crippen LogP contribution < -0.4 is 10.6 Å². The van der Waals surface area contributed by atoms with Gasteiger partial charge in [-0.15, -0.1) is 0 Å². The first kappa shape index (κ1) is 23.7. The summed E-state index contributed by atoms with van der Waals surface area (Å²) in [7, 11) is 1.48. The third-order valence-corrected chi connectivity index (χ3v) is 5.77. The predicted molar refractivity (Wildman–Crippen MR) is 118 cm³/mol. The van der Waals surface area contributed by atoms with Crippen molar-refractivity contribution in [2.24, 2.45) is 5.92 Å². The molecular formula is C24H29F2N3O3. The first-order valence-corrected chi connectivity index (χ1v) is 10.8. The van der Waals surface area contributed by atoms with Crippen LogP contribution in [0.3, 0.4) is 0 Å². The van der Waals surface area contributed by atoms with Crippen LogP contribution in [0.5, 0.6) is 0 Å². The highest BCUT2D eigenvalue weighted by atomic mass is 19.1. The summed E-state index contributed by atoms with van der Waals surface area (Å²) in [6, 6.07) is 11.2. The molecule has 3 rings (SSSR count). The molecule has 32 heavy (non-hydrogen) atoms. The lowest BCUT2D eigenvalue weighted by molar-refractivity contribution is -0.123. The lowest BCUT2D eigenvalue weighted by Crippen LogP contribution is -2.35. The Morgan fingerprint density at radius 3 is 2.41 bits per heavy atom. The van der Waals surface area contributed by atoms with Gasteiger partial charge in [0.25, 0.3) is 5.91 Å². The molecule has 1 fully saturated rings. The van der Waals surface area contributed by atoms with Gasteiger partial charge in [0, 0.05) is 25.7 Å². The van der Waals surface area contributed by atoms with E-state index >= 15 is 0 Å². The Labute approximate surface area is 186 Å². The first-order valence-electron chi connectivity index (χ1n) is 10.8. The largest absolute Gasteiger partial charge is 0.439 e. The minimum absolute atomic E-state index is 0.256. The number of carbonyl (C=O) groups excluding carboxylic acids is 2. The van der Waals surface area contributed by atoms with Gasteiger partial charge in [-0.2, -0.15) is 0 Å². The minimum atomic E-state index is -0.592. The number of likely N-dealkylation sites (N-methyl/N-ethyl adjacent to an activating group) is 1. The van der Waals surface area contributed by atoms with Crippen molar-refractivity contribution in [3.05, 3.63) is 59.7 Å². The molecule has 0 saturated carbocycles. The van der Waals surface area contributed by atoms with E-state index in [1.165, 1.54) is 25.2 Å². The van der Waals surface area contributed by atoms with E-state index in [0.29, 0.717) is 24.6 Å². The fourth-order valence-electron chi connectivity index (χ4n) is 3.80. The summed E-state index contributed by atoms with van der Waals surface area (Å²) in [4.78, 5) is 24.8. The molecule has 172 valence electrons. The number of benzene rings is 2. The Bertz CT molecular complexity index is 913. The molecule has 2 aromatic carbocycles. The van der Waals surface area contributed by atoms with Crippen molar-refractivity contribution >= 4 is 12.0 Å². The molecule has 1 heterocycles. The van der Waals surface area contributed by atoms with Gasteiger partial charge in [0.1, 0.15) is 11.6 Å². The minimum Gasteiger partial charge on any atom is -0.439 e. The maximum atomic E-state index is 14.6. The van der Waals surface area contributed by atoms with E-state index in [1.54, 1.807) is 18.2 Å². The molecule has 0 radical (unpaired) electrons. The van der Waals surface area contributed by atoms with Crippen molar-refractivity contribution < 1.29 is 23.1 Å². The third-order valence-electron chi connectivity index (χ3n) is 5.77. The average Bonchev–Trinajstić information content (AvgIpc) is 2.80. The lowest BCUT2D eigenvalue weighted by Gasteiger charge is -2.32. The van der Waals surface area contributed by atoms with Crippen molar-refractivity contribution in [3.63, 3.8) is 0 Å². The van der Waals surface area contributed by atoms with Crippen LogP contribution in [0.15, 0.2) is 42.5 Å². The maximum absolute atomic E-state index is 14.6. The van der Waals surface area contributed by atoms with Crippen LogP contribution in [0.4, 0.5) is 13.6 Å². The number of amides is 2. The molecule has 6 nitrogen and oxygen atoms in total. The Morgan fingerprint density at radius 1 is 1.06 bits per heavy atom. The molecule has 0 aromatic heterocycles. The van der Waals surface area contributed by atoms with Gasteiger partial charge in [0.2, 0.25) is 0 Å². The van der Waals surface area contributed by atoms with E-state index in [2.05, 4.69) is 15.5 Å². The van der Waals surface area contributed by atoms with E-state index < -0.39 is 6.09 Å². The zero-order chi connectivity index (χ0) is 22.9. The predicted octanol–water partition coefficient (Wildman–Crippen LogP) is 3.71. The first-order chi connectivity index (χ1) is 15.4. The molecule has 0 bridgehead atoms. The summed E-state index contributed by atoms with van der Waals surface area (Å²) in [5.74, 6) is -0.440. The maximum Gasteiger partial charge on any atom is 0.407 e. The number of hydrogen-bond donors (Lipinski definition) is 2. The number of rotatable bonds is 8. The molecule has 2 amide bonds. The topological polar surface area (TPSA) is 70.7 Å². The zero-order valence-electron chi connectivity index (χ0n) is 18.2. The fraction of sp³-hybridized carbons (Fsp3) is 0.417. The molecule has 8 heteroatoms. The van der Waals surface area contributed by atoms with Crippen molar-refractivity contribution in [1.82, 2.24) is 15.5 Å². The summed E-state index contributed by atoms with van der Waals surface area (Å²) < 4.78 is 32.5. The number of ether oxygens (including phenoxy) is 1. The summed E-state index contributed by atoms with van der Waals surface area (Å²) in [5, 5.41) is 5.05. The van der Waals surface area contributed by atoms with Gasteiger partial charge in [0.15, 0.2) is 6.61 Å². The second-order valence-electron chi connectivity index (χ2n) is 8.00. The van der Waals surface area contributed by atoms with Crippen LogP contribution in [0.2, 0.25) is 0 Å². The van der Waals surface area contributed by atoms with Gasteiger partial charge in [0.05, 0.1) is 0 Å². The van der Waals surface area contributed by atoms with Crippen LogP contribution in [0.1, 0.15) is 24.8 Å². The molecule has 2 N–H and O–H groups in total. The summed E-state index contributed by atoms with van der Waals surface area (Å²) in [6.07, 6.45) is 2.20. The van der Waals surface area contributed by atoms with Gasteiger partial charge in [-0.25, -0.2) is 13.6 Å². The Kier molecular flexibility index (Phi) is 8.56. The number of carbonyl (C=O) groups is 2. The number of alkyl carbamates (subject to hydrolysis) is 1. The van der Waals surface area contributed by atoms with E-state index in [4.69, 9.17) is 4.74 Å². The van der Waals surface area contributed by atoms with E-state index in [9.17, 15) is 18.4 Å². The van der Waals surface area contributed by atoms with Crippen molar-refractivity contribution in [2.45, 2.75) is 25.8 Å². The van der Waals surface area contributed by atoms with Gasteiger partial charge >= 0.3 is 6.09 Å². The molecule has 1 aliphatic rings. The quantitative estimate of drug-likeness (QED) is 0.650. The summed E-state index contributed by atoms with van der Waals surface area (Å²) in [5.41, 5.74) is 2.16. The van der Waals surface area contributed by atoms with Crippen molar-refractivity contribution in [2.75, 3.05) is 33.3 Å². The van der Waals surface area contributed by atoms with E-state index in [0.717, 1.165) is 43.5 Å². The number of halogens is 2. The highest BCUT2D eigenvalue weighted by Gasteiger charge is 2.20. The number of nitrogens with zero attached hydrogens (tertiary/aromatic N) is 1. The average molecular weight is 446 g/mol. The molecule has 1 aliphatic heterocycles. The van der Waals surface area contributed by atoms with Gasteiger partial charge < -0.3 is 15.4 Å².